The molecule has 2 heterocycles. The average Bonchev–Trinajstić information content (AvgIpc) is 2.71. The van der Waals surface area contributed by atoms with Crippen LogP contribution >= 0.6 is 27.3 Å². The molecule has 0 aliphatic carbocycles. The van der Waals surface area contributed by atoms with Crippen LogP contribution in [0.3, 0.4) is 0 Å². The minimum Gasteiger partial charge on any atom is -0.477 e. The van der Waals surface area contributed by atoms with Gasteiger partial charge in [-0.1, -0.05) is 5.16 Å². The van der Waals surface area contributed by atoms with Gasteiger partial charge < -0.3 is 9.63 Å². The molecule has 2 rings (SSSR count). The lowest BCUT2D eigenvalue weighted by atomic mass is 10.2. The number of hydrogen-bond acceptors (Lipinski definition) is 4. The first kappa shape index (κ1) is 10.4. The fourth-order valence-electron chi connectivity index (χ4n) is 1.19. The maximum atomic E-state index is 10.9. The molecule has 4 nitrogen and oxygen atoms in total. The Bertz CT molecular complexity index is 517. The van der Waals surface area contributed by atoms with Crippen molar-refractivity contribution in [2.24, 2.45) is 0 Å². The summed E-state index contributed by atoms with van der Waals surface area (Å²) in [5.41, 5.74) is 0.0811. The van der Waals surface area contributed by atoms with Crippen LogP contribution in [-0.2, 0) is 0 Å². The number of halogens is 1. The van der Waals surface area contributed by atoms with Gasteiger partial charge in [0.05, 0.1) is 11.1 Å². The van der Waals surface area contributed by atoms with E-state index in [0.29, 0.717) is 5.76 Å². The standard InChI is InChI=1S/C9H6BrNO3S/c1-4-2-6(10)8(15-4)7-5(9(12)13)3-11-14-7/h2-3H,1H3,(H,12,13). The van der Waals surface area contributed by atoms with Crippen molar-refractivity contribution < 1.29 is 14.4 Å². The highest BCUT2D eigenvalue weighted by Crippen LogP contribution is 2.37. The van der Waals surface area contributed by atoms with Gasteiger partial charge >= 0.3 is 5.97 Å². The van der Waals surface area contributed by atoms with Crippen LogP contribution < -0.4 is 0 Å². The summed E-state index contributed by atoms with van der Waals surface area (Å²) in [7, 11) is 0. The quantitative estimate of drug-likeness (QED) is 0.921. The van der Waals surface area contributed by atoms with Gasteiger partial charge in [-0.3, -0.25) is 0 Å². The molecule has 78 valence electrons. The summed E-state index contributed by atoms with van der Waals surface area (Å²) in [5, 5.41) is 12.4. The van der Waals surface area contributed by atoms with E-state index in [4.69, 9.17) is 9.63 Å². The van der Waals surface area contributed by atoms with Gasteiger partial charge in [0.25, 0.3) is 0 Å². The van der Waals surface area contributed by atoms with Gasteiger partial charge in [0.1, 0.15) is 5.56 Å². The van der Waals surface area contributed by atoms with Crippen LogP contribution in [0.1, 0.15) is 15.2 Å². The van der Waals surface area contributed by atoms with E-state index in [9.17, 15) is 4.79 Å². The molecule has 0 aliphatic rings. The number of thiophene rings is 1. The average molecular weight is 288 g/mol. The largest absolute Gasteiger partial charge is 0.477 e. The van der Waals surface area contributed by atoms with Crippen LogP contribution in [0.15, 0.2) is 21.3 Å². The van der Waals surface area contributed by atoms with Crippen LogP contribution in [0, 0.1) is 6.92 Å². The first-order chi connectivity index (χ1) is 7.09. The van der Waals surface area contributed by atoms with Crippen LogP contribution in [0.2, 0.25) is 0 Å². The Hall–Kier alpha value is -1.14. The van der Waals surface area contributed by atoms with E-state index in [2.05, 4.69) is 21.1 Å². The molecule has 0 unspecified atom stereocenters. The Morgan fingerprint density at radius 1 is 1.67 bits per heavy atom. The molecule has 0 atom stereocenters. The predicted molar refractivity (Wildman–Crippen MR) is 59.2 cm³/mol. The van der Waals surface area contributed by atoms with Crippen molar-refractivity contribution >= 4 is 33.2 Å². The van der Waals surface area contributed by atoms with E-state index < -0.39 is 5.97 Å². The highest BCUT2D eigenvalue weighted by atomic mass is 79.9. The van der Waals surface area contributed by atoms with Gasteiger partial charge in [-0.2, -0.15) is 0 Å². The summed E-state index contributed by atoms with van der Waals surface area (Å²) < 4.78 is 5.78. The second-order valence-electron chi connectivity index (χ2n) is 2.91. The molecule has 0 aliphatic heterocycles. The number of hydrogen-bond donors (Lipinski definition) is 1. The van der Waals surface area contributed by atoms with Crippen LogP contribution in [0.25, 0.3) is 10.6 Å². The topological polar surface area (TPSA) is 63.3 Å². The zero-order valence-corrected chi connectivity index (χ0v) is 10.1. The summed E-state index contributed by atoms with van der Waals surface area (Å²) in [4.78, 5) is 12.7. The molecule has 0 fully saturated rings. The summed E-state index contributed by atoms with van der Waals surface area (Å²) in [6, 6.07) is 1.91. The Balaban J connectivity index is 2.58. The SMILES string of the molecule is Cc1cc(Br)c(-c2oncc2C(=O)O)s1. The summed E-state index contributed by atoms with van der Waals surface area (Å²) in [6.07, 6.45) is 1.21. The number of aryl methyl sites for hydroxylation is 1. The maximum absolute atomic E-state index is 10.9. The van der Waals surface area contributed by atoms with Crippen molar-refractivity contribution in [2.75, 3.05) is 0 Å². The second-order valence-corrected chi connectivity index (χ2v) is 5.02. The second kappa shape index (κ2) is 3.79. The summed E-state index contributed by atoms with van der Waals surface area (Å²) in [6.45, 7) is 1.94. The van der Waals surface area contributed by atoms with E-state index in [0.717, 1.165) is 14.2 Å². The molecule has 0 saturated heterocycles. The van der Waals surface area contributed by atoms with Crippen LogP contribution in [0.4, 0.5) is 0 Å². The van der Waals surface area contributed by atoms with Crippen LogP contribution in [-0.4, -0.2) is 16.2 Å². The molecular formula is C9H6BrNO3S. The molecule has 0 radical (unpaired) electrons. The Morgan fingerprint density at radius 2 is 2.40 bits per heavy atom. The Kier molecular flexibility index (Phi) is 2.62. The van der Waals surface area contributed by atoms with E-state index in [1.54, 1.807) is 0 Å². The van der Waals surface area contributed by atoms with Gasteiger partial charge in [0.2, 0.25) is 0 Å². The zero-order chi connectivity index (χ0) is 11.0. The van der Waals surface area contributed by atoms with Gasteiger partial charge in [0.15, 0.2) is 5.76 Å². The third-order valence-corrected chi connectivity index (χ3v) is 3.75. The highest BCUT2D eigenvalue weighted by Gasteiger charge is 2.20. The number of carboxylic acids is 1. The number of aromatic nitrogens is 1. The minimum atomic E-state index is -1.04. The van der Waals surface area contributed by atoms with Gasteiger partial charge in [-0.25, -0.2) is 4.79 Å². The van der Waals surface area contributed by atoms with Crippen molar-refractivity contribution in [1.29, 1.82) is 0 Å². The summed E-state index contributed by atoms with van der Waals surface area (Å²) in [5.74, 6) is -0.739. The molecule has 0 aromatic carbocycles. The molecule has 2 aromatic heterocycles. The first-order valence-corrected chi connectivity index (χ1v) is 5.65. The normalized spacial score (nSPS) is 10.5. The number of carbonyl (C=O) groups is 1. The van der Waals surface area contributed by atoms with E-state index in [-0.39, 0.29) is 5.56 Å². The van der Waals surface area contributed by atoms with E-state index in [1.165, 1.54) is 17.5 Å². The molecule has 0 spiro atoms. The van der Waals surface area contributed by atoms with Gasteiger partial charge in [-0.05, 0) is 28.9 Å². The zero-order valence-electron chi connectivity index (χ0n) is 7.65. The van der Waals surface area contributed by atoms with Crippen molar-refractivity contribution in [3.63, 3.8) is 0 Å². The maximum Gasteiger partial charge on any atom is 0.341 e. The lowest BCUT2D eigenvalue weighted by Crippen LogP contribution is -1.95. The monoisotopic (exact) mass is 287 g/mol. The predicted octanol–water partition coefficient (Wildman–Crippen LogP) is 3.17. The molecular weight excluding hydrogens is 282 g/mol. The minimum absolute atomic E-state index is 0.0811. The number of nitrogens with zero attached hydrogens (tertiary/aromatic N) is 1. The lowest BCUT2D eigenvalue weighted by molar-refractivity contribution is 0.0697. The van der Waals surface area contributed by atoms with Crippen molar-refractivity contribution in [3.8, 4) is 10.6 Å². The van der Waals surface area contributed by atoms with E-state index >= 15 is 0 Å². The molecule has 0 bridgehead atoms. The molecule has 2 aromatic rings. The third kappa shape index (κ3) is 1.82. The summed E-state index contributed by atoms with van der Waals surface area (Å²) >= 11 is 4.81. The number of rotatable bonds is 2. The first-order valence-electron chi connectivity index (χ1n) is 4.04. The fraction of sp³-hybridized carbons (Fsp3) is 0.111. The van der Waals surface area contributed by atoms with Crippen molar-refractivity contribution in [1.82, 2.24) is 5.16 Å². The number of carboxylic acid groups (broad SMARTS) is 1. The fourth-order valence-corrected chi connectivity index (χ4v) is 3.01. The highest BCUT2D eigenvalue weighted by molar-refractivity contribution is 9.10. The van der Waals surface area contributed by atoms with Gasteiger partial charge in [-0.15, -0.1) is 11.3 Å². The molecule has 0 saturated carbocycles. The third-order valence-electron chi connectivity index (χ3n) is 1.82. The van der Waals surface area contributed by atoms with Gasteiger partial charge in [0, 0.05) is 9.35 Å². The number of aromatic carboxylic acids is 1. The van der Waals surface area contributed by atoms with Crippen LogP contribution in [0.5, 0.6) is 0 Å². The molecule has 15 heavy (non-hydrogen) atoms. The Morgan fingerprint density at radius 3 is 2.93 bits per heavy atom. The molecule has 1 N–H and O–H groups in total. The molecule has 0 amide bonds. The lowest BCUT2D eigenvalue weighted by Gasteiger charge is -1.93. The van der Waals surface area contributed by atoms with E-state index in [1.807, 2.05) is 13.0 Å². The Labute approximate surface area is 97.6 Å². The smallest absolute Gasteiger partial charge is 0.341 e. The van der Waals surface area contributed by atoms with Crippen molar-refractivity contribution in [3.05, 3.63) is 27.2 Å². The molecule has 6 heteroatoms. The van der Waals surface area contributed by atoms with Crippen molar-refractivity contribution in [2.45, 2.75) is 6.92 Å².